The Labute approximate surface area is 170 Å². The van der Waals surface area contributed by atoms with Gasteiger partial charge in [0.25, 0.3) is 0 Å². The summed E-state index contributed by atoms with van der Waals surface area (Å²) in [5, 5.41) is 2.19. The standard InChI is InChI=1S/C24H24N2O3/c1-18(27)25-13-15-26(16-14-25)21-9-11-22(12-10-21)29-24(28)17-20-7-4-6-19-5-2-3-8-23(19)20/h2-12H,13-17H2,1H3. The lowest BCUT2D eigenvalue weighted by molar-refractivity contribution is -0.133. The van der Waals surface area contributed by atoms with Crippen LogP contribution in [0.2, 0.25) is 0 Å². The lowest BCUT2D eigenvalue weighted by atomic mass is 10.0. The molecule has 1 fully saturated rings. The quantitative estimate of drug-likeness (QED) is 0.506. The first-order chi connectivity index (χ1) is 14.1. The molecule has 3 aromatic rings. The molecule has 0 spiro atoms. The number of carbonyl (C=O) groups is 2. The Morgan fingerprint density at radius 3 is 2.28 bits per heavy atom. The minimum Gasteiger partial charge on any atom is -0.426 e. The van der Waals surface area contributed by atoms with E-state index in [1.54, 1.807) is 6.92 Å². The highest BCUT2D eigenvalue weighted by molar-refractivity contribution is 5.89. The molecule has 1 aliphatic rings. The molecule has 29 heavy (non-hydrogen) atoms. The van der Waals surface area contributed by atoms with Crippen LogP contribution in [0.3, 0.4) is 0 Å². The van der Waals surface area contributed by atoms with Crippen molar-refractivity contribution in [3.63, 3.8) is 0 Å². The van der Waals surface area contributed by atoms with Crippen LogP contribution in [0.15, 0.2) is 66.7 Å². The van der Waals surface area contributed by atoms with Gasteiger partial charge in [-0.2, -0.15) is 0 Å². The summed E-state index contributed by atoms with van der Waals surface area (Å²) < 4.78 is 5.55. The second-order valence-electron chi connectivity index (χ2n) is 7.28. The number of benzene rings is 3. The van der Waals surface area contributed by atoms with Crippen molar-refractivity contribution in [1.82, 2.24) is 4.90 Å². The van der Waals surface area contributed by atoms with Crippen LogP contribution in [0.4, 0.5) is 5.69 Å². The first kappa shape index (κ1) is 19.0. The van der Waals surface area contributed by atoms with Crippen molar-refractivity contribution in [2.24, 2.45) is 0 Å². The van der Waals surface area contributed by atoms with Gasteiger partial charge in [0.15, 0.2) is 0 Å². The molecule has 3 aromatic carbocycles. The van der Waals surface area contributed by atoms with Crippen molar-refractivity contribution >= 4 is 28.3 Å². The first-order valence-electron chi connectivity index (χ1n) is 9.88. The number of hydrogen-bond donors (Lipinski definition) is 0. The van der Waals surface area contributed by atoms with Crippen LogP contribution in [0.5, 0.6) is 5.75 Å². The molecule has 1 aliphatic heterocycles. The van der Waals surface area contributed by atoms with Gasteiger partial charge in [-0.15, -0.1) is 0 Å². The predicted molar refractivity (Wildman–Crippen MR) is 114 cm³/mol. The van der Waals surface area contributed by atoms with Crippen LogP contribution < -0.4 is 9.64 Å². The molecule has 5 heteroatoms. The Bertz CT molecular complexity index is 1020. The van der Waals surface area contributed by atoms with Crippen LogP contribution in [0.25, 0.3) is 10.8 Å². The van der Waals surface area contributed by atoms with Gasteiger partial charge in [0.2, 0.25) is 5.91 Å². The summed E-state index contributed by atoms with van der Waals surface area (Å²) in [5.74, 6) is 0.392. The molecule has 0 radical (unpaired) electrons. The van der Waals surface area contributed by atoms with E-state index in [0.29, 0.717) is 5.75 Å². The molecule has 0 aromatic heterocycles. The van der Waals surface area contributed by atoms with Crippen LogP contribution in [-0.4, -0.2) is 43.0 Å². The number of amides is 1. The molecule has 0 bridgehead atoms. The molecule has 5 nitrogen and oxygen atoms in total. The molecule has 1 saturated heterocycles. The van der Waals surface area contributed by atoms with Crippen LogP contribution in [-0.2, 0) is 16.0 Å². The van der Waals surface area contributed by atoms with Gasteiger partial charge in [-0.1, -0.05) is 42.5 Å². The molecule has 0 saturated carbocycles. The van der Waals surface area contributed by atoms with Crippen molar-refractivity contribution in [2.45, 2.75) is 13.3 Å². The number of hydrogen-bond acceptors (Lipinski definition) is 4. The average molecular weight is 388 g/mol. The third kappa shape index (κ3) is 4.40. The number of anilines is 1. The van der Waals surface area contributed by atoms with Crippen molar-refractivity contribution in [3.8, 4) is 5.75 Å². The zero-order valence-corrected chi connectivity index (χ0v) is 16.5. The average Bonchev–Trinajstić information content (AvgIpc) is 2.74. The molecule has 4 rings (SSSR count). The topological polar surface area (TPSA) is 49.9 Å². The van der Waals surface area contributed by atoms with Crippen LogP contribution in [0, 0.1) is 0 Å². The molecule has 1 amide bonds. The van der Waals surface area contributed by atoms with Gasteiger partial charge in [-0.25, -0.2) is 0 Å². The molecule has 0 aliphatic carbocycles. The molecule has 0 atom stereocenters. The van der Waals surface area contributed by atoms with E-state index in [1.807, 2.05) is 71.6 Å². The summed E-state index contributed by atoms with van der Waals surface area (Å²) >= 11 is 0. The van der Waals surface area contributed by atoms with Gasteiger partial charge in [-0.05, 0) is 40.6 Å². The number of ether oxygens (including phenoxy) is 1. The fraction of sp³-hybridized carbons (Fsp3) is 0.250. The van der Waals surface area contributed by atoms with E-state index in [-0.39, 0.29) is 18.3 Å². The summed E-state index contributed by atoms with van der Waals surface area (Å²) in [7, 11) is 0. The minimum atomic E-state index is -0.274. The highest BCUT2D eigenvalue weighted by atomic mass is 16.5. The van der Waals surface area contributed by atoms with E-state index < -0.39 is 0 Å². The van der Waals surface area contributed by atoms with Crippen molar-refractivity contribution in [1.29, 1.82) is 0 Å². The van der Waals surface area contributed by atoms with Crippen LogP contribution in [0.1, 0.15) is 12.5 Å². The fourth-order valence-electron chi connectivity index (χ4n) is 3.77. The number of carbonyl (C=O) groups excluding carboxylic acids is 2. The number of esters is 1. The molecule has 148 valence electrons. The van der Waals surface area contributed by atoms with E-state index in [2.05, 4.69) is 4.90 Å². The Hall–Kier alpha value is -3.34. The summed E-state index contributed by atoms with van der Waals surface area (Å²) in [4.78, 5) is 28.0. The Morgan fingerprint density at radius 2 is 1.55 bits per heavy atom. The zero-order valence-electron chi connectivity index (χ0n) is 16.5. The number of fused-ring (bicyclic) bond motifs is 1. The smallest absolute Gasteiger partial charge is 0.315 e. The van der Waals surface area contributed by atoms with Gasteiger partial charge >= 0.3 is 5.97 Å². The van der Waals surface area contributed by atoms with Gasteiger partial charge in [0, 0.05) is 38.8 Å². The van der Waals surface area contributed by atoms with Gasteiger partial charge in [0.05, 0.1) is 6.42 Å². The van der Waals surface area contributed by atoms with Crippen molar-refractivity contribution in [2.75, 3.05) is 31.1 Å². The largest absolute Gasteiger partial charge is 0.426 e. The molecule has 0 unspecified atom stereocenters. The Morgan fingerprint density at radius 1 is 0.862 bits per heavy atom. The lowest BCUT2D eigenvalue weighted by Gasteiger charge is -2.35. The summed E-state index contributed by atoms with van der Waals surface area (Å²) in [6, 6.07) is 21.6. The third-order valence-electron chi connectivity index (χ3n) is 5.37. The molecule has 1 heterocycles. The summed E-state index contributed by atoms with van der Waals surface area (Å²) in [6.45, 7) is 4.69. The maximum Gasteiger partial charge on any atom is 0.315 e. The second-order valence-corrected chi connectivity index (χ2v) is 7.28. The highest BCUT2D eigenvalue weighted by Crippen LogP contribution is 2.23. The third-order valence-corrected chi connectivity index (χ3v) is 5.37. The van der Waals surface area contributed by atoms with Gasteiger partial charge < -0.3 is 14.5 Å². The van der Waals surface area contributed by atoms with Gasteiger partial charge in [0.1, 0.15) is 5.75 Å². The minimum absolute atomic E-state index is 0.123. The number of nitrogens with zero attached hydrogens (tertiary/aromatic N) is 2. The van der Waals surface area contributed by atoms with E-state index >= 15 is 0 Å². The molecule has 0 N–H and O–H groups in total. The highest BCUT2D eigenvalue weighted by Gasteiger charge is 2.19. The molecular weight excluding hydrogens is 364 g/mol. The lowest BCUT2D eigenvalue weighted by Crippen LogP contribution is -2.48. The maximum atomic E-state index is 12.4. The fourth-order valence-corrected chi connectivity index (χ4v) is 3.77. The normalized spacial score (nSPS) is 14.1. The summed E-state index contributed by atoms with van der Waals surface area (Å²) in [5.41, 5.74) is 2.04. The SMILES string of the molecule is CC(=O)N1CCN(c2ccc(OC(=O)Cc3cccc4ccccc34)cc2)CC1. The van der Waals surface area contributed by atoms with Crippen LogP contribution >= 0.6 is 0 Å². The van der Waals surface area contributed by atoms with E-state index in [4.69, 9.17) is 4.74 Å². The summed E-state index contributed by atoms with van der Waals surface area (Å²) in [6.07, 6.45) is 0.232. The maximum absolute atomic E-state index is 12.4. The predicted octanol–water partition coefficient (Wildman–Crippen LogP) is 3.66. The first-order valence-corrected chi connectivity index (χ1v) is 9.88. The van der Waals surface area contributed by atoms with E-state index in [9.17, 15) is 9.59 Å². The Kier molecular flexibility index (Phi) is 5.47. The van der Waals surface area contributed by atoms with E-state index in [1.165, 1.54) is 0 Å². The number of rotatable bonds is 4. The van der Waals surface area contributed by atoms with Crippen molar-refractivity contribution < 1.29 is 14.3 Å². The monoisotopic (exact) mass is 388 g/mol. The van der Waals surface area contributed by atoms with Crippen molar-refractivity contribution in [3.05, 3.63) is 72.3 Å². The van der Waals surface area contributed by atoms with E-state index in [0.717, 1.165) is 48.2 Å². The van der Waals surface area contributed by atoms with Gasteiger partial charge in [-0.3, -0.25) is 9.59 Å². The second kappa shape index (κ2) is 8.35. The number of piperazine rings is 1. The molecular formula is C24H24N2O3. The Balaban J connectivity index is 1.37. The zero-order chi connectivity index (χ0) is 20.2.